The van der Waals surface area contributed by atoms with Gasteiger partial charge in [-0.05, 0) is 36.3 Å². The number of fused-ring (bicyclic) bond motifs is 2. The van der Waals surface area contributed by atoms with Crippen LogP contribution >= 0.6 is 0 Å². The minimum atomic E-state index is -0.277. The summed E-state index contributed by atoms with van der Waals surface area (Å²) in [5.74, 6) is 0.296. The highest BCUT2D eigenvalue weighted by atomic mass is 16.1. The molecule has 0 saturated heterocycles. The number of carbonyl (C=O) groups is 2. The van der Waals surface area contributed by atoms with E-state index >= 15 is 0 Å². The van der Waals surface area contributed by atoms with E-state index in [0.29, 0.717) is 5.56 Å². The molecule has 1 N–H and O–H groups in total. The molecule has 0 aromatic heterocycles. The van der Waals surface area contributed by atoms with Gasteiger partial charge in [0.2, 0.25) is 0 Å². The highest BCUT2D eigenvalue weighted by Crippen LogP contribution is 2.65. The van der Waals surface area contributed by atoms with Crippen LogP contribution < -0.4 is 5.32 Å². The van der Waals surface area contributed by atoms with E-state index in [0.717, 1.165) is 18.4 Å². The maximum absolute atomic E-state index is 12.6. The number of carbonyl (C=O) groups excluding carboxylic acids is 2. The van der Waals surface area contributed by atoms with Crippen molar-refractivity contribution in [2.24, 2.45) is 16.7 Å². The zero-order valence-corrected chi connectivity index (χ0v) is 12.8. The third-order valence-corrected chi connectivity index (χ3v) is 5.76. The van der Waals surface area contributed by atoms with Gasteiger partial charge in [-0.25, -0.2) is 0 Å². The molecule has 2 aliphatic rings. The summed E-state index contributed by atoms with van der Waals surface area (Å²) in [5.41, 5.74) is 1.10. The number of hydrogen-bond donors (Lipinski definition) is 1. The molecule has 21 heavy (non-hydrogen) atoms. The number of Topliss-reactive ketones (excluding diaryl/α,β-unsaturated/α-hetero) is 1. The van der Waals surface area contributed by atoms with Crippen molar-refractivity contribution < 1.29 is 9.59 Å². The molecule has 0 unspecified atom stereocenters. The first-order valence-electron chi connectivity index (χ1n) is 7.49. The molecule has 1 aromatic rings. The topological polar surface area (TPSA) is 46.2 Å². The lowest BCUT2D eigenvalue weighted by molar-refractivity contribution is -0.125. The van der Waals surface area contributed by atoms with E-state index in [4.69, 9.17) is 0 Å². The Hall–Kier alpha value is -1.90. The Kier molecular flexibility index (Phi) is 3.05. The molecule has 2 atom stereocenters. The molecule has 2 saturated carbocycles. The second-order valence-electron chi connectivity index (χ2n) is 6.91. The van der Waals surface area contributed by atoms with Crippen molar-refractivity contribution in [1.82, 2.24) is 5.32 Å². The zero-order valence-electron chi connectivity index (χ0n) is 12.8. The molecule has 1 amide bonds. The molecule has 2 fully saturated rings. The second-order valence-corrected chi connectivity index (χ2v) is 6.91. The van der Waals surface area contributed by atoms with Crippen LogP contribution in [-0.2, 0) is 4.79 Å². The summed E-state index contributed by atoms with van der Waals surface area (Å²) in [5, 5.41) is 2.79. The predicted molar refractivity (Wildman–Crippen MR) is 81.6 cm³/mol. The maximum atomic E-state index is 12.6. The van der Waals surface area contributed by atoms with Crippen molar-refractivity contribution in [3.8, 4) is 0 Å². The summed E-state index contributed by atoms with van der Waals surface area (Å²) in [7, 11) is 0. The van der Waals surface area contributed by atoms with Gasteiger partial charge >= 0.3 is 0 Å². The molecular weight excluding hydrogens is 262 g/mol. The second kappa shape index (κ2) is 4.55. The fourth-order valence-electron chi connectivity index (χ4n) is 3.91. The summed E-state index contributed by atoms with van der Waals surface area (Å²) >= 11 is 0. The largest absolute Gasteiger partial charge is 0.328 e. The van der Waals surface area contributed by atoms with Crippen molar-refractivity contribution in [3.05, 3.63) is 47.7 Å². The van der Waals surface area contributed by atoms with Gasteiger partial charge in [-0.15, -0.1) is 0 Å². The number of allylic oxidation sites excluding steroid dienone is 1. The van der Waals surface area contributed by atoms with Gasteiger partial charge in [0.05, 0.1) is 0 Å². The SMILES string of the molecule is CC1(C)[C@H]2CC[C@]1(C)C(=O)C2=CNC(=O)c1ccccc1. The summed E-state index contributed by atoms with van der Waals surface area (Å²) in [6.45, 7) is 6.40. The van der Waals surface area contributed by atoms with Gasteiger partial charge in [0.15, 0.2) is 5.78 Å². The van der Waals surface area contributed by atoms with Crippen LogP contribution in [0.2, 0.25) is 0 Å². The van der Waals surface area contributed by atoms with Crippen LogP contribution in [-0.4, -0.2) is 11.7 Å². The first-order valence-corrected chi connectivity index (χ1v) is 7.49. The fraction of sp³-hybridized carbons (Fsp3) is 0.444. The fourth-order valence-corrected chi connectivity index (χ4v) is 3.91. The Balaban J connectivity index is 1.83. The monoisotopic (exact) mass is 283 g/mol. The molecule has 110 valence electrons. The van der Waals surface area contributed by atoms with Gasteiger partial charge in [-0.2, -0.15) is 0 Å². The van der Waals surface area contributed by atoms with Gasteiger partial charge < -0.3 is 5.32 Å². The van der Waals surface area contributed by atoms with Gasteiger partial charge in [0.1, 0.15) is 0 Å². The van der Waals surface area contributed by atoms with Crippen molar-refractivity contribution in [3.63, 3.8) is 0 Å². The molecule has 3 rings (SSSR count). The van der Waals surface area contributed by atoms with Crippen molar-refractivity contribution in [1.29, 1.82) is 0 Å². The Morgan fingerprint density at radius 3 is 2.48 bits per heavy atom. The standard InChI is InChI=1S/C18H21NO2/c1-17(2)14-9-10-18(17,3)15(20)13(14)11-19-16(21)12-7-5-4-6-8-12/h4-8,11,14H,9-10H2,1-3H3,(H,19,21)/t14-,18+/m0/s1. The number of nitrogens with one attached hydrogen (secondary N) is 1. The highest BCUT2D eigenvalue weighted by Gasteiger charge is 2.63. The number of benzene rings is 1. The zero-order chi connectivity index (χ0) is 15.3. The Morgan fingerprint density at radius 1 is 1.24 bits per heavy atom. The number of rotatable bonds is 2. The van der Waals surface area contributed by atoms with Crippen LogP contribution in [0.3, 0.4) is 0 Å². The molecule has 0 aliphatic heterocycles. The molecule has 0 radical (unpaired) electrons. The third kappa shape index (κ3) is 1.87. The van der Waals surface area contributed by atoms with Crippen molar-refractivity contribution in [2.45, 2.75) is 33.6 Å². The predicted octanol–water partition coefficient (Wildman–Crippen LogP) is 3.33. The summed E-state index contributed by atoms with van der Waals surface area (Å²) in [6.07, 6.45) is 3.63. The summed E-state index contributed by atoms with van der Waals surface area (Å²) in [6, 6.07) is 9.06. The molecule has 0 spiro atoms. The van der Waals surface area contributed by atoms with E-state index in [2.05, 4.69) is 26.1 Å². The van der Waals surface area contributed by atoms with Crippen LogP contribution in [0.5, 0.6) is 0 Å². The van der Waals surface area contributed by atoms with Gasteiger partial charge in [-0.3, -0.25) is 9.59 Å². The van der Waals surface area contributed by atoms with Crippen LogP contribution in [0.15, 0.2) is 42.1 Å². The Morgan fingerprint density at radius 2 is 1.90 bits per heavy atom. The molecule has 1 aromatic carbocycles. The summed E-state index contributed by atoms with van der Waals surface area (Å²) < 4.78 is 0. The highest BCUT2D eigenvalue weighted by molar-refractivity contribution is 6.05. The lowest BCUT2D eigenvalue weighted by Crippen LogP contribution is -2.32. The molecule has 2 bridgehead atoms. The quantitative estimate of drug-likeness (QED) is 0.846. The van der Waals surface area contributed by atoms with Crippen LogP contribution in [0.25, 0.3) is 0 Å². The summed E-state index contributed by atoms with van der Waals surface area (Å²) in [4.78, 5) is 24.7. The van der Waals surface area contributed by atoms with Crippen molar-refractivity contribution in [2.75, 3.05) is 0 Å². The van der Waals surface area contributed by atoms with E-state index < -0.39 is 0 Å². The number of hydrogen-bond acceptors (Lipinski definition) is 2. The van der Waals surface area contributed by atoms with Crippen LogP contribution in [0.1, 0.15) is 44.0 Å². The minimum absolute atomic E-state index is 0.0204. The molecular formula is C18H21NO2. The average molecular weight is 283 g/mol. The van der Waals surface area contributed by atoms with E-state index in [9.17, 15) is 9.59 Å². The van der Waals surface area contributed by atoms with E-state index in [1.807, 2.05) is 18.2 Å². The van der Waals surface area contributed by atoms with E-state index in [-0.39, 0.29) is 28.4 Å². The van der Waals surface area contributed by atoms with Crippen LogP contribution in [0.4, 0.5) is 0 Å². The average Bonchev–Trinajstić information content (AvgIpc) is 2.78. The van der Waals surface area contributed by atoms with Crippen LogP contribution in [0, 0.1) is 16.7 Å². The lowest BCUT2D eigenvalue weighted by atomic mass is 9.70. The number of ketones is 1. The number of amides is 1. The van der Waals surface area contributed by atoms with Gasteiger partial charge in [0, 0.05) is 22.8 Å². The molecule has 0 heterocycles. The van der Waals surface area contributed by atoms with E-state index in [1.165, 1.54) is 0 Å². The Bertz CT molecular complexity index is 630. The third-order valence-electron chi connectivity index (χ3n) is 5.76. The van der Waals surface area contributed by atoms with Gasteiger partial charge in [-0.1, -0.05) is 39.0 Å². The molecule has 2 aliphatic carbocycles. The maximum Gasteiger partial charge on any atom is 0.255 e. The first-order chi connectivity index (χ1) is 9.88. The minimum Gasteiger partial charge on any atom is -0.328 e. The molecule has 3 heteroatoms. The Labute approximate surface area is 125 Å². The van der Waals surface area contributed by atoms with E-state index in [1.54, 1.807) is 18.3 Å². The first kappa shape index (κ1) is 14.1. The normalized spacial score (nSPS) is 31.7. The lowest BCUT2D eigenvalue weighted by Gasteiger charge is -2.31. The van der Waals surface area contributed by atoms with Gasteiger partial charge in [0.25, 0.3) is 5.91 Å². The smallest absolute Gasteiger partial charge is 0.255 e. The molecule has 3 nitrogen and oxygen atoms in total. The van der Waals surface area contributed by atoms with Crippen molar-refractivity contribution >= 4 is 11.7 Å².